The number of amides is 1. The molecule has 0 unspecified atom stereocenters. The second-order valence-electron chi connectivity index (χ2n) is 6.47. The maximum atomic E-state index is 13.4. The van der Waals surface area contributed by atoms with Crippen LogP contribution in [0.15, 0.2) is 84.9 Å². The molecule has 3 rings (SSSR count). The molecule has 1 amide bonds. The van der Waals surface area contributed by atoms with E-state index in [0.29, 0.717) is 11.3 Å². The van der Waals surface area contributed by atoms with Crippen LogP contribution >= 0.6 is 0 Å². The van der Waals surface area contributed by atoms with Crippen LogP contribution in [-0.4, -0.2) is 10.8 Å². The average molecular weight is 344 g/mol. The van der Waals surface area contributed by atoms with E-state index in [1.54, 1.807) is 12.1 Å². The predicted octanol–water partition coefficient (Wildman–Crippen LogP) is 5.23. The summed E-state index contributed by atoms with van der Waals surface area (Å²) in [6, 6.07) is 27.3. The van der Waals surface area contributed by atoms with E-state index in [1.807, 2.05) is 53.4 Å². The fourth-order valence-electron chi connectivity index (χ4n) is 3.30. The quantitative estimate of drug-likeness (QED) is 0.644. The van der Waals surface area contributed by atoms with Gasteiger partial charge in [-0.3, -0.25) is 4.79 Å². The molecule has 3 aromatic carbocycles. The van der Waals surface area contributed by atoms with Crippen LogP contribution in [-0.2, 0) is 0 Å². The second-order valence-corrected chi connectivity index (χ2v) is 6.47. The fraction of sp³-hybridized carbons (Fsp3) is 0.174. The lowest BCUT2D eigenvalue weighted by Crippen LogP contribution is -2.36. The monoisotopic (exact) mass is 344 g/mol. The summed E-state index contributed by atoms with van der Waals surface area (Å²) in [5, 5.41) is 0. The van der Waals surface area contributed by atoms with Gasteiger partial charge in [0.2, 0.25) is 0 Å². The third-order valence-corrected chi connectivity index (χ3v) is 4.82. The lowest BCUT2D eigenvalue weighted by molar-refractivity contribution is 0.0605. The van der Waals surface area contributed by atoms with E-state index in [2.05, 4.69) is 38.1 Å². The van der Waals surface area contributed by atoms with Gasteiger partial charge in [0.1, 0.15) is 0 Å². The van der Waals surface area contributed by atoms with Crippen LogP contribution in [0.4, 0.5) is 5.69 Å². The van der Waals surface area contributed by atoms with Crippen LogP contribution < -0.4 is 5.73 Å². The smallest absolute Gasteiger partial charge is 0.256 e. The first-order valence-corrected chi connectivity index (χ1v) is 8.86. The maximum Gasteiger partial charge on any atom is 0.256 e. The molecule has 3 nitrogen and oxygen atoms in total. The number of anilines is 1. The Bertz CT molecular complexity index is 816. The van der Waals surface area contributed by atoms with Crippen molar-refractivity contribution >= 4 is 11.6 Å². The van der Waals surface area contributed by atoms with Crippen LogP contribution in [0.5, 0.6) is 0 Å². The number of rotatable bonds is 5. The molecule has 132 valence electrons. The van der Waals surface area contributed by atoms with Gasteiger partial charge in [0, 0.05) is 5.69 Å². The molecule has 0 aliphatic rings. The number of hydrogen-bond acceptors (Lipinski definition) is 2. The highest BCUT2D eigenvalue weighted by atomic mass is 16.2. The molecular weight excluding hydrogens is 320 g/mol. The minimum absolute atomic E-state index is 0.0594. The molecule has 0 spiro atoms. The SMILES string of the molecule is C[C@@H](c1ccccc1)N(C(=O)c1ccccc1N)[C@@H](C)c1ccccc1. The molecule has 3 heteroatoms. The third kappa shape index (κ3) is 3.62. The molecule has 0 heterocycles. The van der Waals surface area contributed by atoms with Crippen LogP contribution in [0.3, 0.4) is 0 Å². The molecule has 0 saturated carbocycles. The minimum atomic E-state index is -0.0847. The average Bonchev–Trinajstić information content (AvgIpc) is 2.69. The Hall–Kier alpha value is -3.07. The normalized spacial score (nSPS) is 13.0. The van der Waals surface area contributed by atoms with E-state index in [0.717, 1.165) is 11.1 Å². The van der Waals surface area contributed by atoms with Gasteiger partial charge in [-0.1, -0.05) is 72.8 Å². The summed E-state index contributed by atoms with van der Waals surface area (Å²) < 4.78 is 0. The number of nitrogens with two attached hydrogens (primary N) is 1. The summed E-state index contributed by atoms with van der Waals surface area (Å²) in [6.45, 7) is 4.12. The van der Waals surface area contributed by atoms with Crippen molar-refractivity contribution in [1.82, 2.24) is 4.90 Å². The van der Waals surface area contributed by atoms with E-state index in [9.17, 15) is 4.79 Å². The van der Waals surface area contributed by atoms with Crippen molar-refractivity contribution in [1.29, 1.82) is 0 Å². The van der Waals surface area contributed by atoms with E-state index < -0.39 is 0 Å². The van der Waals surface area contributed by atoms with Gasteiger partial charge in [-0.05, 0) is 37.1 Å². The Morgan fingerprint density at radius 2 is 1.15 bits per heavy atom. The van der Waals surface area contributed by atoms with Crippen molar-refractivity contribution < 1.29 is 4.79 Å². The number of para-hydroxylation sites is 1. The molecule has 3 aromatic rings. The number of nitrogen functional groups attached to an aromatic ring is 1. The molecule has 2 atom stereocenters. The topological polar surface area (TPSA) is 46.3 Å². The lowest BCUT2D eigenvalue weighted by atomic mass is 9.99. The van der Waals surface area contributed by atoms with Gasteiger partial charge >= 0.3 is 0 Å². The van der Waals surface area contributed by atoms with Crippen molar-refractivity contribution in [3.8, 4) is 0 Å². The summed E-state index contributed by atoms with van der Waals surface area (Å²) in [7, 11) is 0. The zero-order valence-electron chi connectivity index (χ0n) is 15.2. The maximum absolute atomic E-state index is 13.4. The van der Waals surface area contributed by atoms with Crippen LogP contribution in [0.25, 0.3) is 0 Å². The minimum Gasteiger partial charge on any atom is -0.398 e. The first-order valence-electron chi connectivity index (χ1n) is 8.86. The number of nitrogens with zero attached hydrogens (tertiary/aromatic N) is 1. The van der Waals surface area contributed by atoms with E-state index in [4.69, 9.17) is 5.73 Å². The fourth-order valence-corrected chi connectivity index (χ4v) is 3.30. The van der Waals surface area contributed by atoms with Crippen LogP contribution in [0, 0.1) is 0 Å². The largest absolute Gasteiger partial charge is 0.398 e. The van der Waals surface area contributed by atoms with Gasteiger partial charge < -0.3 is 10.6 Å². The number of carbonyl (C=O) groups excluding carboxylic acids is 1. The van der Waals surface area contributed by atoms with Gasteiger partial charge in [0.25, 0.3) is 5.91 Å². The van der Waals surface area contributed by atoms with E-state index in [1.165, 1.54) is 0 Å². The zero-order valence-corrected chi connectivity index (χ0v) is 15.2. The first kappa shape index (κ1) is 17.7. The molecule has 0 fully saturated rings. The van der Waals surface area contributed by atoms with Gasteiger partial charge in [0.05, 0.1) is 17.6 Å². The Balaban J connectivity index is 2.04. The molecule has 0 aliphatic heterocycles. The Kier molecular flexibility index (Phi) is 5.37. The summed E-state index contributed by atoms with van der Waals surface area (Å²) in [5.74, 6) is -0.0594. The van der Waals surface area contributed by atoms with Gasteiger partial charge in [0.15, 0.2) is 0 Å². The lowest BCUT2D eigenvalue weighted by Gasteiger charge is -2.35. The van der Waals surface area contributed by atoms with Crippen molar-refractivity contribution in [2.45, 2.75) is 25.9 Å². The van der Waals surface area contributed by atoms with E-state index >= 15 is 0 Å². The summed E-state index contributed by atoms with van der Waals surface area (Å²) >= 11 is 0. The Labute approximate surface area is 155 Å². The predicted molar refractivity (Wildman–Crippen MR) is 107 cm³/mol. The molecule has 0 aliphatic carbocycles. The van der Waals surface area contributed by atoms with E-state index in [-0.39, 0.29) is 18.0 Å². The summed E-state index contributed by atoms with van der Waals surface area (Å²) in [6.07, 6.45) is 0. The Morgan fingerprint density at radius 1 is 0.731 bits per heavy atom. The summed E-state index contributed by atoms with van der Waals surface area (Å²) in [5.41, 5.74) is 9.32. The molecule has 0 aromatic heterocycles. The first-order chi connectivity index (χ1) is 12.6. The zero-order chi connectivity index (χ0) is 18.5. The number of hydrogen-bond donors (Lipinski definition) is 1. The molecule has 0 radical (unpaired) electrons. The van der Waals surface area contributed by atoms with Crippen molar-refractivity contribution in [2.24, 2.45) is 0 Å². The van der Waals surface area contributed by atoms with Gasteiger partial charge in [-0.25, -0.2) is 0 Å². The number of carbonyl (C=O) groups is 1. The van der Waals surface area contributed by atoms with Crippen LogP contribution in [0.1, 0.15) is 47.4 Å². The molecular formula is C23H24N2O. The Morgan fingerprint density at radius 3 is 1.62 bits per heavy atom. The van der Waals surface area contributed by atoms with Crippen molar-refractivity contribution in [2.75, 3.05) is 5.73 Å². The molecule has 2 N–H and O–H groups in total. The molecule has 0 saturated heterocycles. The highest BCUT2D eigenvalue weighted by molar-refractivity contribution is 5.99. The molecule has 26 heavy (non-hydrogen) atoms. The number of benzene rings is 3. The second kappa shape index (κ2) is 7.87. The van der Waals surface area contributed by atoms with Crippen molar-refractivity contribution in [3.05, 3.63) is 102 Å². The highest BCUT2D eigenvalue weighted by Crippen LogP contribution is 2.32. The van der Waals surface area contributed by atoms with Crippen molar-refractivity contribution in [3.63, 3.8) is 0 Å². The third-order valence-electron chi connectivity index (χ3n) is 4.82. The van der Waals surface area contributed by atoms with Gasteiger partial charge in [-0.15, -0.1) is 0 Å². The summed E-state index contributed by atoms with van der Waals surface area (Å²) in [4.78, 5) is 15.4. The standard InChI is InChI=1S/C23H24N2O/c1-17(19-11-5-3-6-12-19)25(18(2)20-13-7-4-8-14-20)23(26)21-15-9-10-16-22(21)24/h3-18H,24H2,1-2H3/t17-,18-/m0/s1. The highest BCUT2D eigenvalue weighted by Gasteiger charge is 2.29. The van der Waals surface area contributed by atoms with Gasteiger partial charge in [-0.2, -0.15) is 0 Å². The molecule has 0 bridgehead atoms. The van der Waals surface area contributed by atoms with Crippen LogP contribution in [0.2, 0.25) is 0 Å².